The summed E-state index contributed by atoms with van der Waals surface area (Å²) in [6.45, 7) is 0.721. The van der Waals surface area contributed by atoms with Gasteiger partial charge in [0.1, 0.15) is 5.75 Å². The number of aryl methyl sites for hydroxylation is 1. The van der Waals surface area contributed by atoms with Crippen LogP contribution in [0.4, 0.5) is 5.69 Å². The number of ketones is 1. The summed E-state index contributed by atoms with van der Waals surface area (Å²) in [7, 11) is 0. The molecule has 0 bridgehead atoms. The Labute approximate surface area is 118 Å². The van der Waals surface area contributed by atoms with Crippen LogP contribution in [0.3, 0.4) is 0 Å². The molecule has 1 aliphatic rings. The van der Waals surface area contributed by atoms with Crippen LogP contribution in [-0.4, -0.2) is 12.4 Å². The maximum absolute atomic E-state index is 12.2. The van der Waals surface area contributed by atoms with Crippen molar-refractivity contribution in [2.75, 3.05) is 12.3 Å². The van der Waals surface area contributed by atoms with Gasteiger partial charge in [0.05, 0.1) is 6.61 Å². The maximum atomic E-state index is 12.2. The van der Waals surface area contributed by atoms with Crippen LogP contribution in [0.15, 0.2) is 42.5 Å². The van der Waals surface area contributed by atoms with Crippen molar-refractivity contribution in [2.24, 2.45) is 0 Å². The zero-order valence-electron chi connectivity index (χ0n) is 11.3. The third-order valence-electron chi connectivity index (χ3n) is 3.63. The van der Waals surface area contributed by atoms with E-state index in [0.717, 1.165) is 47.6 Å². The van der Waals surface area contributed by atoms with Crippen molar-refractivity contribution in [3.8, 4) is 5.75 Å². The minimum Gasteiger partial charge on any atom is -0.493 e. The molecule has 1 heterocycles. The third kappa shape index (κ3) is 2.67. The molecule has 2 aromatic rings. The van der Waals surface area contributed by atoms with E-state index in [1.165, 1.54) is 0 Å². The average Bonchev–Trinajstić information content (AvgIpc) is 2.93. The second-order valence-electron chi connectivity index (χ2n) is 5.09. The van der Waals surface area contributed by atoms with Gasteiger partial charge in [-0.2, -0.15) is 0 Å². The standard InChI is InChI=1S/C17H17NO2/c18-15-5-1-12(2-6-15)3-7-16(19)13-4-8-17-14(11-13)9-10-20-17/h1-2,4-6,8,11H,3,7,9-10,18H2. The predicted molar refractivity (Wildman–Crippen MR) is 79.1 cm³/mol. The van der Waals surface area contributed by atoms with Gasteiger partial charge in [0.2, 0.25) is 0 Å². The largest absolute Gasteiger partial charge is 0.493 e. The Hall–Kier alpha value is -2.29. The van der Waals surface area contributed by atoms with Gasteiger partial charge in [0, 0.05) is 24.1 Å². The minimum atomic E-state index is 0.177. The van der Waals surface area contributed by atoms with Crippen LogP contribution in [0.25, 0.3) is 0 Å². The van der Waals surface area contributed by atoms with Gasteiger partial charge in [-0.1, -0.05) is 12.1 Å². The number of benzene rings is 2. The molecule has 2 aromatic carbocycles. The maximum Gasteiger partial charge on any atom is 0.163 e. The molecule has 0 spiro atoms. The van der Waals surface area contributed by atoms with Gasteiger partial charge in [-0.15, -0.1) is 0 Å². The summed E-state index contributed by atoms with van der Waals surface area (Å²) in [6, 6.07) is 13.4. The number of hydrogen-bond acceptors (Lipinski definition) is 3. The lowest BCUT2D eigenvalue weighted by atomic mass is 10.0. The van der Waals surface area contributed by atoms with E-state index in [1.54, 1.807) is 0 Å². The molecule has 102 valence electrons. The first kappa shape index (κ1) is 12.7. The molecule has 3 heteroatoms. The van der Waals surface area contributed by atoms with E-state index in [4.69, 9.17) is 10.5 Å². The fourth-order valence-electron chi connectivity index (χ4n) is 2.45. The SMILES string of the molecule is Nc1ccc(CCC(=O)c2ccc3c(c2)CCO3)cc1. The Kier molecular flexibility index (Phi) is 3.42. The van der Waals surface area contributed by atoms with E-state index in [9.17, 15) is 4.79 Å². The lowest BCUT2D eigenvalue weighted by Gasteiger charge is -2.04. The van der Waals surface area contributed by atoms with Crippen molar-refractivity contribution in [3.63, 3.8) is 0 Å². The van der Waals surface area contributed by atoms with Crippen molar-refractivity contribution in [2.45, 2.75) is 19.3 Å². The molecule has 0 amide bonds. The number of ether oxygens (including phenoxy) is 1. The van der Waals surface area contributed by atoms with Gasteiger partial charge in [-0.05, 0) is 47.9 Å². The van der Waals surface area contributed by atoms with Crippen molar-refractivity contribution >= 4 is 11.5 Å². The number of nitrogen functional groups attached to an aromatic ring is 1. The highest BCUT2D eigenvalue weighted by Gasteiger charge is 2.14. The highest BCUT2D eigenvalue weighted by molar-refractivity contribution is 5.96. The highest BCUT2D eigenvalue weighted by atomic mass is 16.5. The number of carbonyl (C=O) groups excluding carboxylic acids is 1. The van der Waals surface area contributed by atoms with Crippen molar-refractivity contribution < 1.29 is 9.53 Å². The summed E-state index contributed by atoms with van der Waals surface area (Å²) < 4.78 is 5.45. The Morgan fingerprint density at radius 1 is 1.15 bits per heavy atom. The second-order valence-corrected chi connectivity index (χ2v) is 5.09. The van der Waals surface area contributed by atoms with E-state index in [1.807, 2.05) is 42.5 Å². The fourth-order valence-corrected chi connectivity index (χ4v) is 2.45. The monoisotopic (exact) mass is 267 g/mol. The summed E-state index contributed by atoms with van der Waals surface area (Å²) in [5, 5.41) is 0. The Bertz CT molecular complexity index is 632. The number of anilines is 1. The molecule has 20 heavy (non-hydrogen) atoms. The zero-order valence-corrected chi connectivity index (χ0v) is 11.3. The smallest absolute Gasteiger partial charge is 0.163 e. The van der Waals surface area contributed by atoms with Gasteiger partial charge in [-0.25, -0.2) is 0 Å². The fraction of sp³-hybridized carbons (Fsp3) is 0.235. The first-order valence-electron chi connectivity index (χ1n) is 6.86. The number of rotatable bonds is 4. The van der Waals surface area contributed by atoms with E-state index >= 15 is 0 Å². The summed E-state index contributed by atoms with van der Waals surface area (Å²) >= 11 is 0. The lowest BCUT2D eigenvalue weighted by Crippen LogP contribution is -2.01. The van der Waals surface area contributed by atoms with E-state index in [-0.39, 0.29) is 5.78 Å². The third-order valence-corrected chi connectivity index (χ3v) is 3.63. The van der Waals surface area contributed by atoms with E-state index < -0.39 is 0 Å². The first-order valence-corrected chi connectivity index (χ1v) is 6.86. The van der Waals surface area contributed by atoms with Crippen molar-refractivity contribution in [1.82, 2.24) is 0 Å². The lowest BCUT2D eigenvalue weighted by molar-refractivity contribution is 0.0983. The normalized spacial score (nSPS) is 12.8. The van der Waals surface area contributed by atoms with Crippen molar-refractivity contribution in [1.29, 1.82) is 0 Å². The molecule has 3 rings (SSSR count). The van der Waals surface area contributed by atoms with Crippen LogP contribution in [0.2, 0.25) is 0 Å². The molecule has 0 radical (unpaired) electrons. The molecule has 0 aromatic heterocycles. The van der Waals surface area contributed by atoms with Crippen LogP contribution in [0.1, 0.15) is 27.9 Å². The van der Waals surface area contributed by atoms with Crippen LogP contribution in [0.5, 0.6) is 5.75 Å². The highest BCUT2D eigenvalue weighted by Crippen LogP contribution is 2.26. The van der Waals surface area contributed by atoms with Crippen LogP contribution in [0, 0.1) is 0 Å². The molecule has 0 fully saturated rings. The summed E-state index contributed by atoms with van der Waals surface area (Å²) in [6.07, 6.45) is 2.16. The molecule has 0 unspecified atom stereocenters. The number of hydrogen-bond donors (Lipinski definition) is 1. The van der Waals surface area contributed by atoms with Crippen LogP contribution in [-0.2, 0) is 12.8 Å². The molecule has 0 atom stereocenters. The van der Waals surface area contributed by atoms with Crippen LogP contribution >= 0.6 is 0 Å². The molecule has 3 nitrogen and oxygen atoms in total. The molecule has 1 aliphatic heterocycles. The van der Waals surface area contributed by atoms with Crippen molar-refractivity contribution in [3.05, 3.63) is 59.2 Å². The molecule has 0 saturated heterocycles. The quantitative estimate of drug-likeness (QED) is 0.684. The topological polar surface area (TPSA) is 52.3 Å². The predicted octanol–water partition coefficient (Wildman–Crippen LogP) is 3.02. The average molecular weight is 267 g/mol. The Morgan fingerprint density at radius 3 is 2.75 bits per heavy atom. The van der Waals surface area contributed by atoms with Gasteiger partial charge < -0.3 is 10.5 Å². The molecule has 0 aliphatic carbocycles. The van der Waals surface area contributed by atoms with E-state index in [0.29, 0.717) is 6.42 Å². The Balaban J connectivity index is 1.66. The number of Topliss-reactive ketones (excluding diaryl/α,β-unsaturated/α-hetero) is 1. The molecular weight excluding hydrogens is 250 g/mol. The Morgan fingerprint density at radius 2 is 1.95 bits per heavy atom. The second kappa shape index (κ2) is 5.37. The van der Waals surface area contributed by atoms with Gasteiger partial charge in [-0.3, -0.25) is 4.79 Å². The number of nitrogens with two attached hydrogens (primary N) is 1. The zero-order chi connectivity index (χ0) is 13.9. The molecule has 2 N–H and O–H groups in total. The van der Waals surface area contributed by atoms with E-state index in [2.05, 4.69) is 0 Å². The number of carbonyl (C=O) groups is 1. The summed E-state index contributed by atoms with van der Waals surface area (Å²) in [5.74, 6) is 1.09. The number of fused-ring (bicyclic) bond motifs is 1. The summed E-state index contributed by atoms with van der Waals surface area (Å²) in [5.41, 5.74) is 9.46. The first-order chi connectivity index (χ1) is 9.72. The molecular formula is C17H17NO2. The van der Waals surface area contributed by atoms with Gasteiger partial charge in [0.25, 0.3) is 0 Å². The van der Waals surface area contributed by atoms with Gasteiger partial charge >= 0.3 is 0 Å². The van der Waals surface area contributed by atoms with Crippen LogP contribution < -0.4 is 10.5 Å². The molecule has 0 saturated carbocycles. The van der Waals surface area contributed by atoms with Gasteiger partial charge in [0.15, 0.2) is 5.78 Å². The minimum absolute atomic E-state index is 0.177. The summed E-state index contributed by atoms with van der Waals surface area (Å²) in [4.78, 5) is 12.2.